The Hall–Kier alpha value is -2.99. The molecule has 2 fully saturated rings. The van der Waals surface area contributed by atoms with Crippen LogP contribution in [0.2, 0.25) is 0 Å². The Kier molecular flexibility index (Phi) is 9.88. The van der Waals surface area contributed by atoms with E-state index in [0.29, 0.717) is 25.0 Å². The Labute approximate surface area is 226 Å². The Morgan fingerprint density at radius 1 is 0.895 bits per heavy atom. The zero-order valence-electron chi connectivity index (χ0n) is 22.1. The monoisotopic (exact) mass is 553 g/mol. The molecule has 4 atom stereocenters. The molecule has 2 aliphatic carbocycles. The molecule has 12 heteroatoms. The lowest BCUT2D eigenvalue weighted by molar-refractivity contribution is -0.169. The molecule has 2 saturated carbocycles. The van der Waals surface area contributed by atoms with Crippen molar-refractivity contribution in [1.82, 2.24) is 0 Å². The Morgan fingerprint density at radius 3 is 2.08 bits per heavy atom. The molecule has 0 saturated heterocycles. The molecule has 0 spiro atoms. The van der Waals surface area contributed by atoms with Crippen molar-refractivity contribution in [3.63, 3.8) is 0 Å². The molecule has 0 aromatic heterocycles. The van der Waals surface area contributed by atoms with Crippen molar-refractivity contribution in [2.45, 2.75) is 57.4 Å². The van der Waals surface area contributed by atoms with E-state index in [1.165, 1.54) is 5.56 Å². The van der Waals surface area contributed by atoms with Crippen LogP contribution in [0.15, 0.2) is 23.1 Å². The van der Waals surface area contributed by atoms with Gasteiger partial charge in [0.25, 0.3) is 0 Å². The van der Waals surface area contributed by atoms with Crippen molar-refractivity contribution in [3.05, 3.63) is 29.3 Å². The minimum absolute atomic E-state index is 0.109. The number of nitrogens with two attached hydrogens (primary N) is 1. The van der Waals surface area contributed by atoms with Crippen molar-refractivity contribution in [3.8, 4) is 0 Å². The van der Waals surface area contributed by atoms with Gasteiger partial charge >= 0.3 is 24.2 Å². The maximum Gasteiger partial charge on any atom is 0.511 e. The highest BCUT2D eigenvalue weighted by atomic mass is 32.2. The molecule has 0 heterocycles. The molecule has 1 aromatic rings. The molecule has 2 N–H and O–H groups in total. The van der Waals surface area contributed by atoms with Crippen molar-refractivity contribution in [2.75, 3.05) is 32.6 Å². The zero-order valence-corrected chi connectivity index (χ0v) is 22.9. The average Bonchev–Trinajstić information content (AvgIpc) is 3.63. The van der Waals surface area contributed by atoms with Gasteiger partial charge in [0.15, 0.2) is 0 Å². The Morgan fingerprint density at radius 2 is 1.50 bits per heavy atom. The molecule has 1 aromatic carbocycles. The predicted molar refractivity (Wildman–Crippen MR) is 135 cm³/mol. The summed E-state index contributed by atoms with van der Waals surface area (Å²) in [6, 6.07) is 6.13. The lowest BCUT2D eigenvalue weighted by Gasteiger charge is -2.41. The van der Waals surface area contributed by atoms with Gasteiger partial charge in [-0.3, -0.25) is 4.79 Å². The smallest absolute Gasteiger partial charge is 0.435 e. The zero-order chi connectivity index (χ0) is 27.9. The summed E-state index contributed by atoms with van der Waals surface area (Å²) >= 11 is 1.57. The second-order valence-electron chi connectivity index (χ2n) is 9.39. The average molecular weight is 554 g/mol. The fourth-order valence-electron chi connectivity index (χ4n) is 4.87. The fraction of sp³-hybridized carbons (Fsp3) is 0.615. The molecule has 210 valence electrons. The van der Waals surface area contributed by atoms with Crippen molar-refractivity contribution in [2.24, 2.45) is 23.0 Å². The summed E-state index contributed by atoms with van der Waals surface area (Å²) in [4.78, 5) is 50.2. The van der Waals surface area contributed by atoms with Crippen LogP contribution in [0.1, 0.15) is 44.2 Å². The van der Waals surface area contributed by atoms with Gasteiger partial charge in [0.1, 0.15) is 5.54 Å². The first-order valence-corrected chi connectivity index (χ1v) is 13.5. The van der Waals surface area contributed by atoms with Crippen LogP contribution in [-0.4, -0.2) is 62.3 Å². The second kappa shape index (κ2) is 12.7. The first kappa shape index (κ1) is 29.6. The summed E-state index contributed by atoms with van der Waals surface area (Å²) in [6.45, 7) is 6.27. The normalized spacial score (nSPS) is 25.4. The number of carbonyl (C=O) groups is 4. The maximum atomic E-state index is 13.3. The van der Waals surface area contributed by atoms with E-state index in [4.69, 9.17) is 24.7 Å². The molecule has 0 amide bonds. The summed E-state index contributed by atoms with van der Waals surface area (Å²) in [6.07, 6.45) is -0.676. The Balaban J connectivity index is 1.71. The minimum atomic E-state index is -1.52. The van der Waals surface area contributed by atoms with E-state index in [2.05, 4.69) is 15.5 Å². The van der Waals surface area contributed by atoms with E-state index in [1.807, 2.05) is 26.0 Å². The summed E-state index contributed by atoms with van der Waals surface area (Å²) in [5, 5.41) is 0. The summed E-state index contributed by atoms with van der Waals surface area (Å²) in [5.41, 5.74) is 6.61. The van der Waals surface area contributed by atoms with E-state index in [9.17, 15) is 19.2 Å². The van der Waals surface area contributed by atoms with Crippen LogP contribution in [-0.2, 0) is 38.0 Å². The van der Waals surface area contributed by atoms with Gasteiger partial charge in [-0.1, -0.05) is 6.07 Å². The van der Waals surface area contributed by atoms with Crippen molar-refractivity contribution in [1.29, 1.82) is 0 Å². The van der Waals surface area contributed by atoms with Crippen LogP contribution in [0.5, 0.6) is 0 Å². The SMILES string of the molecule is CCOC(=O)OCOC(=O)C12CC[C@@H](CSc3ccc(C)c(C)c3)[C@@](N)(C(=O)OCOC(=O)OCC)[C@H]1C2. The van der Waals surface area contributed by atoms with E-state index in [-0.39, 0.29) is 19.1 Å². The molecule has 38 heavy (non-hydrogen) atoms. The molecule has 11 nitrogen and oxygen atoms in total. The van der Waals surface area contributed by atoms with Crippen LogP contribution < -0.4 is 5.73 Å². The lowest BCUT2D eigenvalue weighted by atomic mass is 9.69. The van der Waals surface area contributed by atoms with Crippen LogP contribution in [0, 0.1) is 31.1 Å². The third kappa shape index (κ3) is 6.52. The summed E-state index contributed by atoms with van der Waals surface area (Å²) in [7, 11) is 0. The number of aryl methyl sites for hydroxylation is 2. The number of hydrogen-bond donors (Lipinski definition) is 1. The molecular weight excluding hydrogens is 518 g/mol. The lowest BCUT2D eigenvalue weighted by Crippen LogP contribution is -2.61. The van der Waals surface area contributed by atoms with Gasteiger partial charge in [0.05, 0.1) is 18.6 Å². The fourth-order valence-corrected chi connectivity index (χ4v) is 6.13. The molecular formula is C26H35NO10S. The van der Waals surface area contributed by atoms with Crippen LogP contribution in [0.4, 0.5) is 9.59 Å². The van der Waals surface area contributed by atoms with Crippen LogP contribution in [0.25, 0.3) is 0 Å². The van der Waals surface area contributed by atoms with Gasteiger partial charge in [-0.05, 0) is 76.1 Å². The van der Waals surface area contributed by atoms with Crippen LogP contribution >= 0.6 is 11.8 Å². The number of hydrogen-bond acceptors (Lipinski definition) is 12. The van der Waals surface area contributed by atoms with Crippen molar-refractivity contribution >= 4 is 36.0 Å². The number of benzene rings is 1. The molecule has 0 aliphatic heterocycles. The number of thioether (sulfide) groups is 1. The van der Waals surface area contributed by atoms with Crippen LogP contribution in [0.3, 0.4) is 0 Å². The van der Waals surface area contributed by atoms with Gasteiger partial charge < -0.3 is 34.2 Å². The summed E-state index contributed by atoms with van der Waals surface area (Å²) in [5.74, 6) is -1.74. The van der Waals surface area contributed by atoms with Gasteiger partial charge in [-0.25, -0.2) is 14.4 Å². The predicted octanol–water partition coefficient (Wildman–Crippen LogP) is 3.86. The molecule has 1 unspecified atom stereocenters. The molecule has 0 bridgehead atoms. The van der Waals surface area contributed by atoms with E-state index in [1.54, 1.807) is 25.6 Å². The highest BCUT2D eigenvalue weighted by Gasteiger charge is 2.74. The number of ether oxygens (including phenoxy) is 6. The molecule has 2 aliphatic rings. The van der Waals surface area contributed by atoms with E-state index in [0.717, 1.165) is 10.5 Å². The molecule has 0 radical (unpaired) electrons. The first-order chi connectivity index (χ1) is 18.1. The van der Waals surface area contributed by atoms with Gasteiger partial charge in [-0.2, -0.15) is 0 Å². The minimum Gasteiger partial charge on any atom is -0.435 e. The topological polar surface area (TPSA) is 150 Å². The molecule has 3 rings (SSSR count). The second-order valence-corrected chi connectivity index (χ2v) is 10.5. The van der Waals surface area contributed by atoms with E-state index < -0.39 is 54.7 Å². The highest BCUT2D eigenvalue weighted by Crippen LogP contribution is 2.66. The standard InChI is InChI=1S/C26H35NO10S/c1-5-32-23(30)36-14-34-21(28)25-10-9-18(13-38-19-8-7-16(3)17(4)11-19)26(27,20(25)12-25)22(29)35-15-37-24(31)33-6-2/h7-8,11,18,20H,5-6,9-10,12-15,27H2,1-4H3/t18-,20-,25?,26-/m0/s1. The third-order valence-corrected chi connectivity index (χ3v) is 8.37. The van der Waals surface area contributed by atoms with Gasteiger partial charge in [0.2, 0.25) is 13.6 Å². The maximum absolute atomic E-state index is 13.3. The summed E-state index contributed by atoms with van der Waals surface area (Å²) < 4.78 is 29.3. The van der Waals surface area contributed by atoms with Gasteiger partial charge in [0, 0.05) is 16.6 Å². The number of fused-ring (bicyclic) bond motifs is 1. The number of esters is 2. The number of carbonyl (C=O) groups excluding carboxylic acids is 4. The van der Waals surface area contributed by atoms with Crippen molar-refractivity contribution < 1.29 is 47.6 Å². The first-order valence-electron chi connectivity index (χ1n) is 12.5. The quantitative estimate of drug-likeness (QED) is 0.183. The third-order valence-electron chi connectivity index (χ3n) is 7.21. The van der Waals surface area contributed by atoms with E-state index >= 15 is 0 Å². The largest absolute Gasteiger partial charge is 0.511 e. The Bertz CT molecular complexity index is 1050. The highest BCUT2D eigenvalue weighted by molar-refractivity contribution is 7.99. The van der Waals surface area contributed by atoms with Gasteiger partial charge in [-0.15, -0.1) is 11.8 Å². The number of rotatable bonds is 11.